The first-order chi connectivity index (χ1) is 0. The zero-order valence-electron chi connectivity index (χ0n) is 5.50. The molecular formula is H15KO7. The monoisotopic (exact) mass is 166 g/mol. The smallest absolute Gasteiger partial charge is 1.00 e. The fraction of sp³-hybridized carbons (Fsp3) is 0. The molecule has 0 aromatic heterocycles. The van der Waals surface area contributed by atoms with Crippen LogP contribution in [0.1, 0.15) is 1.43 Å². The normalized spacial score (nSPS) is 0. The summed E-state index contributed by atoms with van der Waals surface area (Å²) < 4.78 is 0. The van der Waals surface area contributed by atoms with Crippen molar-refractivity contribution in [3.63, 3.8) is 0 Å². The van der Waals surface area contributed by atoms with Crippen molar-refractivity contribution < 1.29 is 91.1 Å². The summed E-state index contributed by atoms with van der Waals surface area (Å²) in [5, 5.41) is 0. The van der Waals surface area contributed by atoms with Crippen molar-refractivity contribution in [3.8, 4) is 0 Å². The van der Waals surface area contributed by atoms with Gasteiger partial charge in [0.15, 0.2) is 0 Å². The quantitative estimate of drug-likeness (QED) is 0.305. The average molecular weight is 166 g/mol. The van der Waals surface area contributed by atoms with Gasteiger partial charge in [0.05, 0.1) is 0 Å². The Morgan fingerprint density at radius 3 is 0.375 bits per heavy atom. The van der Waals surface area contributed by atoms with Gasteiger partial charge in [-0.1, -0.05) is 0 Å². The van der Waals surface area contributed by atoms with Gasteiger partial charge in [0.2, 0.25) is 0 Å². The molecule has 0 atom stereocenters. The van der Waals surface area contributed by atoms with Crippen LogP contribution in [-0.4, -0.2) is 38.3 Å². The van der Waals surface area contributed by atoms with Crippen molar-refractivity contribution in [2.24, 2.45) is 0 Å². The molecule has 0 saturated carbocycles. The van der Waals surface area contributed by atoms with Gasteiger partial charge in [0.25, 0.3) is 0 Å². The van der Waals surface area contributed by atoms with Gasteiger partial charge in [-0.25, -0.2) is 0 Å². The summed E-state index contributed by atoms with van der Waals surface area (Å²) in [4.78, 5) is 0. The molecule has 58 valence electrons. The van der Waals surface area contributed by atoms with E-state index in [2.05, 4.69) is 0 Å². The summed E-state index contributed by atoms with van der Waals surface area (Å²) in [6.45, 7) is 0. The standard InChI is InChI=1S/K.7H2O.H/h;7*1H2;/q+1;;;;;;;;-1. The molecule has 0 fully saturated rings. The third-order valence-corrected chi connectivity index (χ3v) is 0. The van der Waals surface area contributed by atoms with Crippen molar-refractivity contribution in [3.05, 3.63) is 0 Å². The Labute approximate surface area is 90.1 Å². The minimum atomic E-state index is 0. The molecule has 0 spiro atoms. The van der Waals surface area contributed by atoms with E-state index >= 15 is 0 Å². The molecule has 0 radical (unpaired) electrons. The second-order valence-corrected chi connectivity index (χ2v) is 0. The minimum absolute atomic E-state index is 0. The van der Waals surface area contributed by atoms with Crippen molar-refractivity contribution in [1.29, 1.82) is 0 Å². The molecule has 14 N–H and O–H groups in total. The van der Waals surface area contributed by atoms with E-state index in [-0.39, 0.29) is 91.1 Å². The van der Waals surface area contributed by atoms with Crippen LogP contribution >= 0.6 is 0 Å². The molecule has 0 unspecified atom stereocenters. The van der Waals surface area contributed by atoms with Gasteiger partial charge in [-0.3, -0.25) is 0 Å². The van der Waals surface area contributed by atoms with E-state index in [0.29, 0.717) is 0 Å². The Hall–Kier alpha value is 1.36. The van der Waals surface area contributed by atoms with E-state index in [0.717, 1.165) is 0 Å². The summed E-state index contributed by atoms with van der Waals surface area (Å²) in [5.41, 5.74) is 0. The second-order valence-electron chi connectivity index (χ2n) is 0. The predicted octanol–water partition coefficient (Wildman–Crippen LogP) is -8.66. The SMILES string of the molecule is O.O.O.O.O.O.O.[H-].[K+]. The van der Waals surface area contributed by atoms with Gasteiger partial charge in [-0.05, 0) is 0 Å². The van der Waals surface area contributed by atoms with Crippen molar-refractivity contribution in [1.82, 2.24) is 0 Å². The van der Waals surface area contributed by atoms with Gasteiger partial charge in [-0.15, -0.1) is 0 Å². The molecule has 0 amide bonds. The summed E-state index contributed by atoms with van der Waals surface area (Å²) in [6.07, 6.45) is 0. The van der Waals surface area contributed by atoms with Crippen molar-refractivity contribution in [2.75, 3.05) is 0 Å². The summed E-state index contributed by atoms with van der Waals surface area (Å²) in [5.74, 6) is 0. The molecule has 0 heterocycles. The molecule has 8 heavy (non-hydrogen) atoms. The first kappa shape index (κ1) is 355. The van der Waals surface area contributed by atoms with Crippen molar-refractivity contribution in [2.45, 2.75) is 0 Å². The Morgan fingerprint density at radius 2 is 0.375 bits per heavy atom. The second kappa shape index (κ2) is 246. The zero-order chi connectivity index (χ0) is 0. The molecule has 0 aliphatic heterocycles. The van der Waals surface area contributed by atoms with Gasteiger partial charge in [0.1, 0.15) is 0 Å². The van der Waals surface area contributed by atoms with Crippen molar-refractivity contribution >= 4 is 0 Å². The molecular weight excluding hydrogens is 151 g/mol. The van der Waals surface area contributed by atoms with Crippen LogP contribution in [0.25, 0.3) is 0 Å². The molecule has 0 bridgehead atoms. The first-order valence-electron chi connectivity index (χ1n) is 0. The van der Waals surface area contributed by atoms with E-state index in [1.807, 2.05) is 0 Å². The number of hydrogen-bond acceptors (Lipinski definition) is 0. The predicted molar refractivity (Wildman–Crippen MR) is 26.4 cm³/mol. The molecule has 0 saturated heterocycles. The van der Waals surface area contributed by atoms with Gasteiger partial charge in [0, 0.05) is 0 Å². The van der Waals surface area contributed by atoms with Gasteiger partial charge < -0.3 is 39.8 Å². The number of rotatable bonds is 0. The van der Waals surface area contributed by atoms with Gasteiger partial charge in [-0.2, -0.15) is 0 Å². The Bertz CT molecular complexity index is 8.88. The van der Waals surface area contributed by atoms with E-state index in [1.165, 1.54) is 0 Å². The summed E-state index contributed by atoms with van der Waals surface area (Å²) in [7, 11) is 0. The van der Waals surface area contributed by atoms with Crippen LogP contribution in [0.4, 0.5) is 0 Å². The minimum Gasteiger partial charge on any atom is -1.00 e. The van der Waals surface area contributed by atoms with E-state index < -0.39 is 0 Å². The van der Waals surface area contributed by atoms with Crippen LogP contribution in [-0.2, 0) is 0 Å². The summed E-state index contributed by atoms with van der Waals surface area (Å²) in [6, 6.07) is 0. The molecule has 7 nitrogen and oxygen atoms in total. The van der Waals surface area contributed by atoms with Crippen LogP contribution in [0.3, 0.4) is 0 Å². The van der Waals surface area contributed by atoms with E-state index in [1.54, 1.807) is 0 Å². The fourth-order valence-corrected chi connectivity index (χ4v) is 0. The molecule has 0 aromatic carbocycles. The molecule has 0 aromatic rings. The molecule has 8 heteroatoms. The Morgan fingerprint density at radius 1 is 0.375 bits per heavy atom. The molecule has 0 aliphatic rings. The zero-order valence-corrected chi connectivity index (χ0v) is 7.62. The third kappa shape index (κ3) is 162. The number of hydrogen-bond donors (Lipinski definition) is 0. The maximum absolute atomic E-state index is 0. The largest absolute Gasteiger partial charge is 1.00 e. The van der Waals surface area contributed by atoms with Gasteiger partial charge >= 0.3 is 51.4 Å². The summed E-state index contributed by atoms with van der Waals surface area (Å²) >= 11 is 0. The van der Waals surface area contributed by atoms with Crippen LogP contribution in [0.2, 0.25) is 0 Å². The average Bonchev–Trinajstić information content (AvgIpc) is 0. The van der Waals surface area contributed by atoms with Crippen LogP contribution in [0.5, 0.6) is 0 Å². The third-order valence-electron chi connectivity index (χ3n) is 0. The van der Waals surface area contributed by atoms with Crippen LogP contribution in [0.15, 0.2) is 0 Å². The first-order valence-corrected chi connectivity index (χ1v) is 0. The van der Waals surface area contributed by atoms with E-state index in [9.17, 15) is 0 Å². The van der Waals surface area contributed by atoms with E-state index in [4.69, 9.17) is 0 Å². The molecule has 0 rings (SSSR count). The Balaban J connectivity index is 0. The Kier molecular flexibility index (Phi) is 10900. The fourth-order valence-electron chi connectivity index (χ4n) is 0. The van der Waals surface area contributed by atoms with Crippen LogP contribution in [0, 0.1) is 0 Å². The maximum atomic E-state index is 0. The topological polar surface area (TPSA) is 220 Å². The molecule has 0 aliphatic carbocycles. The van der Waals surface area contributed by atoms with Crippen LogP contribution < -0.4 is 51.4 Å². The maximum Gasteiger partial charge on any atom is 1.00 e.